The van der Waals surface area contributed by atoms with E-state index < -0.39 is 41.0 Å². The monoisotopic (exact) mass is 459 g/mol. The molecule has 0 fully saturated rings. The third kappa shape index (κ3) is 4.79. The molecule has 3 aromatic rings. The molecule has 3 rings (SSSR count). The number of carbonyl (C=O) groups excluding carboxylic acids is 1. The van der Waals surface area contributed by atoms with Gasteiger partial charge >= 0.3 is 12.4 Å². The van der Waals surface area contributed by atoms with Gasteiger partial charge in [-0.05, 0) is 30.3 Å². The van der Waals surface area contributed by atoms with Crippen LogP contribution in [-0.4, -0.2) is 23.0 Å². The summed E-state index contributed by atoms with van der Waals surface area (Å²) in [7, 11) is 1.27. The predicted octanol–water partition coefficient (Wildman–Crippen LogP) is 5.58. The lowest BCUT2D eigenvalue weighted by atomic mass is 10.0. The molecule has 0 unspecified atom stereocenters. The molecule has 32 heavy (non-hydrogen) atoms. The second-order valence-electron chi connectivity index (χ2n) is 6.31. The molecule has 1 N–H and O–H groups in total. The van der Waals surface area contributed by atoms with Crippen LogP contribution in [0, 0.1) is 5.82 Å². The Morgan fingerprint density at radius 2 is 1.62 bits per heavy atom. The number of rotatable bonds is 4. The molecule has 0 aliphatic carbocycles. The minimum atomic E-state index is -5.23. The van der Waals surface area contributed by atoms with Gasteiger partial charge in [0.1, 0.15) is 23.0 Å². The number of halogens is 7. The lowest BCUT2D eigenvalue weighted by Crippen LogP contribution is -2.20. The molecule has 12 heteroatoms. The van der Waals surface area contributed by atoms with Crippen molar-refractivity contribution in [3.05, 3.63) is 71.6 Å². The Hall–Kier alpha value is -3.70. The zero-order chi connectivity index (χ0) is 23.7. The van der Waals surface area contributed by atoms with Gasteiger partial charge in [0.15, 0.2) is 0 Å². The minimum Gasteiger partial charge on any atom is -0.496 e. The number of methoxy groups -OCH3 is 1. The molecule has 1 aromatic carbocycles. The number of carbonyl (C=O) groups is 1. The summed E-state index contributed by atoms with van der Waals surface area (Å²) < 4.78 is 97.6. The zero-order valence-electron chi connectivity index (χ0n) is 16.0. The highest BCUT2D eigenvalue weighted by Gasteiger charge is 2.39. The van der Waals surface area contributed by atoms with E-state index >= 15 is 0 Å². The molecule has 0 radical (unpaired) electrons. The van der Waals surface area contributed by atoms with E-state index in [1.165, 1.54) is 31.5 Å². The maximum Gasteiger partial charge on any atom is 0.433 e. The standard InChI is InChI=1S/C20H12F7N3O2/c1-32-14-4-2-3-12(21)17(14)11-5-6-28-9-13(11)29-18(31)10-7-15(19(22,23)24)30-16(8-10)20(25,26)27/h2-9H,1H3,(H,29,31). The van der Waals surface area contributed by atoms with E-state index in [1.807, 2.05) is 0 Å². The lowest BCUT2D eigenvalue weighted by molar-refractivity contribution is -0.150. The topological polar surface area (TPSA) is 64.1 Å². The number of aromatic nitrogens is 2. The first-order chi connectivity index (χ1) is 14.9. The maximum absolute atomic E-state index is 14.5. The summed E-state index contributed by atoms with van der Waals surface area (Å²) >= 11 is 0. The number of hydrogen-bond donors (Lipinski definition) is 1. The van der Waals surface area contributed by atoms with Crippen LogP contribution in [0.1, 0.15) is 21.7 Å². The Kier molecular flexibility index (Phi) is 6.06. The van der Waals surface area contributed by atoms with Gasteiger partial charge in [-0.1, -0.05) is 6.07 Å². The van der Waals surface area contributed by atoms with E-state index in [9.17, 15) is 35.5 Å². The van der Waals surface area contributed by atoms with Crippen molar-refractivity contribution in [1.29, 1.82) is 0 Å². The average Bonchev–Trinajstić information content (AvgIpc) is 2.72. The van der Waals surface area contributed by atoms with Gasteiger partial charge in [-0.15, -0.1) is 0 Å². The third-order valence-electron chi connectivity index (χ3n) is 4.20. The normalized spacial score (nSPS) is 11.9. The van der Waals surface area contributed by atoms with Gasteiger partial charge in [0.2, 0.25) is 0 Å². The molecule has 0 atom stereocenters. The Balaban J connectivity index is 2.07. The first-order valence-electron chi connectivity index (χ1n) is 8.66. The summed E-state index contributed by atoms with van der Waals surface area (Å²) in [5.41, 5.74) is -4.94. The molecular formula is C20H12F7N3O2. The highest BCUT2D eigenvalue weighted by atomic mass is 19.4. The Labute approximate surface area is 175 Å². The van der Waals surface area contributed by atoms with Gasteiger partial charge in [0.05, 0.1) is 24.6 Å². The van der Waals surface area contributed by atoms with Gasteiger partial charge in [0.25, 0.3) is 5.91 Å². The van der Waals surface area contributed by atoms with Crippen LogP contribution in [0.4, 0.5) is 36.4 Å². The molecule has 2 aromatic heterocycles. The number of ether oxygens (including phenoxy) is 1. The van der Waals surface area contributed by atoms with Crippen LogP contribution in [0.5, 0.6) is 5.75 Å². The molecule has 0 bridgehead atoms. The molecule has 0 spiro atoms. The summed E-state index contributed by atoms with van der Waals surface area (Å²) in [6.45, 7) is 0. The summed E-state index contributed by atoms with van der Waals surface area (Å²) in [5.74, 6) is -1.98. The fourth-order valence-electron chi connectivity index (χ4n) is 2.79. The Morgan fingerprint density at radius 3 is 2.19 bits per heavy atom. The number of hydrogen-bond acceptors (Lipinski definition) is 4. The second-order valence-corrected chi connectivity index (χ2v) is 6.31. The van der Waals surface area contributed by atoms with E-state index in [-0.39, 0.29) is 34.7 Å². The summed E-state index contributed by atoms with van der Waals surface area (Å²) in [5, 5.41) is 2.18. The van der Waals surface area contributed by atoms with Crippen molar-refractivity contribution >= 4 is 11.6 Å². The number of anilines is 1. The van der Waals surface area contributed by atoms with E-state index in [4.69, 9.17) is 4.74 Å². The predicted molar refractivity (Wildman–Crippen MR) is 98.4 cm³/mol. The number of alkyl halides is 6. The van der Waals surface area contributed by atoms with E-state index in [2.05, 4.69) is 15.3 Å². The Morgan fingerprint density at radius 1 is 1.00 bits per heavy atom. The first kappa shape index (κ1) is 23.0. The number of amides is 1. The highest BCUT2D eigenvalue weighted by Crippen LogP contribution is 2.37. The van der Waals surface area contributed by atoms with Crippen LogP contribution in [0.25, 0.3) is 11.1 Å². The fraction of sp³-hybridized carbons (Fsp3) is 0.150. The van der Waals surface area contributed by atoms with Gasteiger partial charge in [-0.2, -0.15) is 26.3 Å². The molecule has 0 saturated heterocycles. The van der Waals surface area contributed by atoms with Crippen molar-refractivity contribution in [3.63, 3.8) is 0 Å². The van der Waals surface area contributed by atoms with Crippen molar-refractivity contribution in [2.45, 2.75) is 12.4 Å². The number of nitrogens with one attached hydrogen (secondary N) is 1. The number of nitrogens with zero attached hydrogens (tertiary/aromatic N) is 2. The van der Waals surface area contributed by atoms with Crippen molar-refractivity contribution in [2.24, 2.45) is 0 Å². The van der Waals surface area contributed by atoms with Gasteiger partial charge in [-0.25, -0.2) is 9.37 Å². The van der Waals surface area contributed by atoms with E-state index in [0.717, 1.165) is 12.3 Å². The van der Waals surface area contributed by atoms with Gasteiger partial charge in [0, 0.05) is 17.3 Å². The maximum atomic E-state index is 14.5. The average molecular weight is 459 g/mol. The molecule has 5 nitrogen and oxygen atoms in total. The van der Waals surface area contributed by atoms with Crippen molar-refractivity contribution < 1.29 is 40.3 Å². The molecule has 168 valence electrons. The largest absolute Gasteiger partial charge is 0.496 e. The van der Waals surface area contributed by atoms with E-state index in [1.54, 1.807) is 0 Å². The molecule has 0 aliphatic heterocycles. The molecular weight excluding hydrogens is 447 g/mol. The first-order valence-corrected chi connectivity index (χ1v) is 8.66. The van der Waals surface area contributed by atoms with Gasteiger partial charge < -0.3 is 10.1 Å². The molecule has 0 saturated carbocycles. The molecule has 0 aliphatic rings. The molecule has 2 heterocycles. The quantitative estimate of drug-likeness (QED) is 0.518. The fourth-order valence-corrected chi connectivity index (χ4v) is 2.79. The summed E-state index contributed by atoms with van der Waals surface area (Å²) in [4.78, 5) is 18.9. The van der Waals surface area contributed by atoms with Crippen molar-refractivity contribution in [1.82, 2.24) is 9.97 Å². The van der Waals surface area contributed by atoms with Crippen molar-refractivity contribution in [2.75, 3.05) is 12.4 Å². The van der Waals surface area contributed by atoms with Crippen LogP contribution < -0.4 is 10.1 Å². The smallest absolute Gasteiger partial charge is 0.433 e. The SMILES string of the molecule is COc1cccc(F)c1-c1ccncc1NC(=O)c1cc(C(F)(F)F)nc(C(F)(F)F)c1. The van der Waals surface area contributed by atoms with Crippen LogP contribution in [0.3, 0.4) is 0 Å². The van der Waals surface area contributed by atoms with Gasteiger partial charge in [-0.3, -0.25) is 9.78 Å². The van der Waals surface area contributed by atoms with Crippen LogP contribution in [0.2, 0.25) is 0 Å². The lowest BCUT2D eigenvalue weighted by Gasteiger charge is -2.15. The van der Waals surface area contributed by atoms with Crippen LogP contribution in [0.15, 0.2) is 48.8 Å². The Bertz CT molecular complexity index is 1130. The molecule has 1 amide bonds. The second kappa shape index (κ2) is 8.44. The van der Waals surface area contributed by atoms with Crippen LogP contribution in [-0.2, 0) is 12.4 Å². The summed E-state index contributed by atoms with van der Waals surface area (Å²) in [6.07, 6.45) is -8.13. The minimum absolute atomic E-state index is 0.0458. The summed E-state index contributed by atoms with van der Waals surface area (Å²) in [6, 6.07) is 5.57. The number of benzene rings is 1. The zero-order valence-corrected chi connectivity index (χ0v) is 16.0. The third-order valence-corrected chi connectivity index (χ3v) is 4.20. The van der Waals surface area contributed by atoms with Crippen molar-refractivity contribution in [3.8, 4) is 16.9 Å². The highest BCUT2D eigenvalue weighted by molar-refractivity contribution is 6.06. The number of pyridine rings is 2. The van der Waals surface area contributed by atoms with Crippen LogP contribution >= 0.6 is 0 Å². The van der Waals surface area contributed by atoms with E-state index in [0.29, 0.717) is 0 Å².